The van der Waals surface area contributed by atoms with Gasteiger partial charge in [-0.05, 0) is 42.0 Å². The number of carbonyl (C=O) groups excluding carboxylic acids is 1. The fourth-order valence-electron chi connectivity index (χ4n) is 2.67. The van der Waals surface area contributed by atoms with Crippen LogP contribution in [0, 0.1) is 0 Å². The molecule has 0 unspecified atom stereocenters. The number of rotatable bonds is 5. The summed E-state index contributed by atoms with van der Waals surface area (Å²) in [5.41, 5.74) is 2.55. The van der Waals surface area contributed by atoms with Crippen LogP contribution in [0.5, 0.6) is 0 Å². The Bertz CT molecular complexity index is 857. The van der Waals surface area contributed by atoms with Gasteiger partial charge in [-0.1, -0.05) is 42.5 Å². The molecule has 3 rings (SSSR count). The van der Waals surface area contributed by atoms with Gasteiger partial charge in [0.2, 0.25) is 0 Å². The van der Waals surface area contributed by atoms with Gasteiger partial charge in [0.15, 0.2) is 5.82 Å². The van der Waals surface area contributed by atoms with Crippen LogP contribution in [0.25, 0.3) is 11.4 Å². The number of benzene rings is 2. The van der Waals surface area contributed by atoms with Gasteiger partial charge in [-0.25, -0.2) is 4.68 Å². The molecule has 0 spiro atoms. The minimum absolute atomic E-state index is 0.0331. The van der Waals surface area contributed by atoms with Crippen LogP contribution in [0.2, 0.25) is 0 Å². The molecule has 3 aromatic rings. The third-order valence-corrected chi connectivity index (χ3v) is 3.96. The normalized spacial score (nSPS) is 10.9. The van der Waals surface area contributed by atoms with Crippen LogP contribution in [-0.4, -0.2) is 38.1 Å². The highest BCUT2D eigenvalue weighted by Crippen LogP contribution is 2.21. The smallest absolute Gasteiger partial charge is 0.253 e. The van der Waals surface area contributed by atoms with Crippen molar-refractivity contribution in [3.8, 4) is 11.4 Å². The average molecular weight is 335 g/mol. The number of nitrogens with zero attached hydrogens (tertiary/aromatic N) is 5. The number of hydrogen-bond donors (Lipinski definition) is 0. The minimum Gasteiger partial charge on any atom is -0.337 e. The maximum Gasteiger partial charge on any atom is 0.253 e. The second-order valence-electron chi connectivity index (χ2n) is 6.27. The second-order valence-corrected chi connectivity index (χ2v) is 6.27. The molecule has 1 amide bonds. The van der Waals surface area contributed by atoms with Gasteiger partial charge in [0.25, 0.3) is 5.91 Å². The van der Waals surface area contributed by atoms with E-state index in [1.807, 2.05) is 68.4 Å². The lowest BCUT2D eigenvalue weighted by atomic mass is 10.1. The Balaban J connectivity index is 1.83. The van der Waals surface area contributed by atoms with Gasteiger partial charge in [-0.15, -0.1) is 5.10 Å². The van der Waals surface area contributed by atoms with Crippen molar-refractivity contribution in [1.29, 1.82) is 0 Å². The van der Waals surface area contributed by atoms with E-state index in [9.17, 15) is 4.79 Å². The Hall–Kier alpha value is -3.02. The molecule has 1 heterocycles. The maximum absolute atomic E-state index is 12.8. The Kier molecular flexibility index (Phi) is 4.88. The second kappa shape index (κ2) is 7.25. The number of tetrazole rings is 1. The Morgan fingerprint density at radius 3 is 2.60 bits per heavy atom. The van der Waals surface area contributed by atoms with Crippen molar-refractivity contribution in [2.24, 2.45) is 0 Å². The van der Waals surface area contributed by atoms with Crippen molar-refractivity contribution in [3.63, 3.8) is 0 Å². The minimum atomic E-state index is -0.0331. The molecule has 0 bridgehead atoms. The number of aromatic nitrogens is 4. The summed E-state index contributed by atoms with van der Waals surface area (Å²) in [6.07, 6.45) is 0. The van der Waals surface area contributed by atoms with Gasteiger partial charge in [-0.2, -0.15) is 0 Å². The van der Waals surface area contributed by atoms with Crippen LogP contribution in [0.4, 0.5) is 0 Å². The number of hydrogen-bond acceptors (Lipinski definition) is 4. The molecule has 0 aliphatic carbocycles. The molecule has 0 aliphatic rings. The number of carbonyl (C=O) groups is 1. The molecule has 0 aliphatic heterocycles. The van der Waals surface area contributed by atoms with Crippen molar-refractivity contribution in [1.82, 2.24) is 25.1 Å². The Labute approximate surface area is 147 Å². The van der Waals surface area contributed by atoms with E-state index in [1.54, 1.807) is 16.6 Å². The molecule has 0 N–H and O–H groups in total. The van der Waals surface area contributed by atoms with Crippen LogP contribution in [0.1, 0.15) is 35.8 Å². The lowest BCUT2D eigenvalue weighted by Gasteiger charge is -2.18. The molecule has 6 nitrogen and oxygen atoms in total. The van der Waals surface area contributed by atoms with Crippen LogP contribution in [-0.2, 0) is 6.54 Å². The van der Waals surface area contributed by atoms with Crippen LogP contribution < -0.4 is 0 Å². The van der Waals surface area contributed by atoms with Gasteiger partial charge in [0.05, 0.1) is 6.04 Å². The summed E-state index contributed by atoms with van der Waals surface area (Å²) in [5, 5.41) is 11.9. The summed E-state index contributed by atoms with van der Waals surface area (Å²) < 4.78 is 1.75. The summed E-state index contributed by atoms with van der Waals surface area (Å²) in [7, 11) is 1.81. The van der Waals surface area contributed by atoms with Crippen molar-refractivity contribution in [3.05, 3.63) is 65.7 Å². The van der Waals surface area contributed by atoms with E-state index in [0.29, 0.717) is 17.9 Å². The van der Waals surface area contributed by atoms with Crippen molar-refractivity contribution < 1.29 is 4.79 Å². The summed E-state index contributed by atoms with van der Waals surface area (Å²) in [6, 6.07) is 17.5. The first-order valence-corrected chi connectivity index (χ1v) is 8.24. The zero-order chi connectivity index (χ0) is 17.8. The predicted octanol–water partition coefficient (Wildman–Crippen LogP) is 3.19. The van der Waals surface area contributed by atoms with Gasteiger partial charge >= 0.3 is 0 Å². The molecule has 0 atom stereocenters. The Morgan fingerprint density at radius 1 is 1.12 bits per heavy atom. The van der Waals surface area contributed by atoms with Crippen molar-refractivity contribution in [2.45, 2.75) is 26.4 Å². The fourth-order valence-corrected chi connectivity index (χ4v) is 2.67. The lowest BCUT2D eigenvalue weighted by Crippen LogP contribution is -2.26. The summed E-state index contributed by atoms with van der Waals surface area (Å²) in [4.78, 5) is 14.5. The van der Waals surface area contributed by atoms with Crippen LogP contribution >= 0.6 is 0 Å². The predicted molar refractivity (Wildman–Crippen MR) is 95.9 cm³/mol. The van der Waals surface area contributed by atoms with E-state index in [2.05, 4.69) is 15.5 Å². The van der Waals surface area contributed by atoms with Gasteiger partial charge in [0.1, 0.15) is 0 Å². The van der Waals surface area contributed by atoms with E-state index in [0.717, 1.165) is 11.1 Å². The highest BCUT2D eigenvalue weighted by atomic mass is 16.2. The molecule has 0 radical (unpaired) electrons. The van der Waals surface area contributed by atoms with Crippen molar-refractivity contribution >= 4 is 5.91 Å². The lowest BCUT2D eigenvalue weighted by molar-refractivity contribution is 0.0785. The van der Waals surface area contributed by atoms with Crippen molar-refractivity contribution in [2.75, 3.05) is 7.05 Å². The third kappa shape index (κ3) is 3.74. The monoisotopic (exact) mass is 335 g/mol. The van der Waals surface area contributed by atoms with Gasteiger partial charge in [-0.3, -0.25) is 4.79 Å². The first-order valence-electron chi connectivity index (χ1n) is 8.24. The van der Waals surface area contributed by atoms with E-state index >= 15 is 0 Å². The largest absolute Gasteiger partial charge is 0.337 e. The molecule has 128 valence electrons. The standard InChI is InChI=1S/C19H21N5O/c1-14(2)24-18(20-21-22-24)16-10-7-11-17(12-16)19(25)23(3)13-15-8-5-4-6-9-15/h4-12,14H,13H2,1-3H3. The first kappa shape index (κ1) is 16.8. The molecule has 2 aromatic carbocycles. The quantitative estimate of drug-likeness (QED) is 0.718. The van der Waals surface area contributed by atoms with E-state index < -0.39 is 0 Å². The van der Waals surface area contributed by atoms with Crippen LogP contribution in [0.3, 0.4) is 0 Å². The zero-order valence-corrected chi connectivity index (χ0v) is 14.6. The average Bonchev–Trinajstić information content (AvgIpc) is 3.12. The topological polar surface area (TPSA) is 63.9 Å². The molecule has 25 heavy (non-hydrogen) atoms. The van der Waals surface area contributed by atoms with E-state index in [-0.39, 0.29) is 11.9 Å². The highest BCUT2D eigenvalue weighted by Gasteiger charge is 2.16. The molecular formula is C19H21N5O. The van der Waals surface area contributed by atoms with Gasteiger partial charge < -0.3 is 4.90 Å². The SMILES string of the molecule is CC(C)n1nnnc1-c1cccc(C(=O)N(C)Cc2ccccc2)c1. The van der Waals surface area contributed by atoms with E-state index in [4.69, 9.17) is 0 Å². The number of amides is 1. The first-order chi connectivity index (χ1) is 12.1. The molecule has 0 fully saturated rings. The molecule has 6 heteroatoms. The summed E-state index contributed by atoms with van der Waals surface area (Å²) >= 11 is 0. The van der Waals surface area contributed by atoms with Gasteiger partial charge in [0, 0.05) is 24.7 Å². The Morgan fingerprint density at radius 2 is 1.88 bits per heavy atom. The summed E-state index contributed by atoms with van der Waals surface area (Å²) in [6.45, 7) is 4.60. The fraction of sp³-hybridized carbons (Fsp3) is 0.263. The maximum atomic E-state index is 12.8. The van der Waals surface area contributed by atoms with E-state index in [1.165, 1.54) is 0 Å². The molecular weight excluding hydrogens is 314 g/mol. The highest BCUT2D eigenvalue weighted by molar-refractivity contribution is 5.95. The molecule has 0 saturated carbocycles. The molecule has 1 aromatic heterocycles. The molecule has 0 saturated heterocycles. The third-order valence-electron chi connectivity index (χ3n) is 3.96. The zero-order valence-electron chi connectivity index (χ0n) is 14.6. The summed E-state index contributed by atoms with van der Waals surface area (Å²) in [5.74, 6) is 0.629. The van der Waals surface area contributed by atoms with Crippen LogP contribution in [0.15, 0.2) is 54.6 Å².